The molecular weight excluding hydrogens is 450 g/mol. The zero-order chi connectivity index (χ0) is 24.0. The number of imide groups is 1. The molecule has 0 aliphatic carbocycles. The maximum absolute atomic E-state index is 13.0. The molecule has 3 aromatic heterocycles. The standard InChI is InChI=1S/C25H23N5O3S/c1-4-15(9-18-13-30(25(33)14(18)2)20-5-6-21(31)28-23(20)32)19-12-27-29(3)22(19)17-10-16-7-8-34-24(16)26-11-17/h4,7-12,20H,1,5-6,13H2,2-3H3,(H,28,31,32)/b15-9+. The van der Waals surface area contributed by atoms with Crippen molar-refractivity contribution in [1.29, 1.82) is 0 Å². The van der Waals surface area contributed by atoms with Crippen molar-refractivity contribution >= 4 is 44.8 Å². The molecule has 1 unspecified atom stereocenters. The number of hydrogen-bond acceptors (Lipinski definition) is 6. The molecule has 8 nitrogen and oxygen atoms in total. The lowest BCUT2D eigenvalue weighted by Crippen LogP contribution is -2.53. The van der Waals surface area contributed by atoms with Gasteiger partial charge in [0.1, 0.15) is 10.9 Å². The largest absolute Gasteiger partial charge is 0.323 e. The van der Waals surface area contributed by atoms with Crippen molar-refractivity contribution in [1.82, 2.24) is 25.0 Å². The third kappa shape index (κ3) is 3.67. The highest BCUT2D eigenvalue weighted by Crippen LogP contribution is 2.34. The number of thiophene rings is 1. The molecule has 1 atom stereocenters. The summed E-state index contributed by atoms with van der Waals surface area (Å²) in [6.45, 7) is 6.06. The van der Waals surface area contributed by atoms with Crippen LogP contribution in [0.3, 0.4) is 0 Å². The summed E-state index contributed by atoms with van der Waals surface area (Å²) in [5.74, 6) is -0.911. The van der Waals surface area contributed by atoms with E-state index in [1.165, 1.54) is 0 Å². The van der Waals surface area contributed by atoms with Crippen molar-refractivity contribution in [3.8, 4) is 11.3 Å². The molecule has 2 aliphatic rings. The van der Waals surface area contributed by atoms with E-state index in [0.29, 0.717) is 18.5 Å². The van der Waals surface area contributed by atoms with Gasteiger partial charge < -0.3 is 4.90 Å². The summed E-state index contributed by atoms with van der Waals surface area (Å²) in [4.78, 5) is 43.9. The van der Waals surface area contributed by atoms with E-state index >= 15 is 0 Å². The molecule has 1 N–H and O–H groups in total. The van der Waals surface area contributed by atoms with Gasteiger partial charge in [0, 0.05) is 48.3 Å². The Kier molecular flexibility index (Phi) is 5.49. The lowest BCUT2D eigenvalue weighted by atomic mass is 9.99. The highest BCUT2D eigenvalue weighted by molar-refractivity contribution is 7.16. The predicted octanol–water partition coefficient (Wildman–Crippen LogP) is 3.23. The number of allylic oxidation sites excluding steroid dienone is 2. The monoisotopic (exact) mass is 473 g/mol. The molecule has 172 valence electrons. The first-order valence-corrected chi connectivity index (χ1v) is 11.8. The van der Waals surface area contributed by atoms with Crippen LogP contribution in [0.2, 0.25) is 0 Å². The Morgan fingerprint density at radius 3 is 2.88 bits per heavy atom. The van der Waals surface area contributed by atoms with Crippen molar-refractivity contribution in [2.75, 3.05) is 6.54 Å². The summed E-state index contributed by atoms with van der Waals surface area (Å²) in [6, 6.07) is 3.49. The van der Waals surface area contributed by atoms with Crippen LogP contribution in [0.25, 0.3) is 27.0 Å². The Balaban J connectivity index is 1.49. The number of carbonyl (C=O) groups is 3. The van der Waals surface area contributed by atoms with E-state index in [-0.39, 0.29) is 18.2 Å². The van der Waals surface area contributed by atoms with Crippen LogP contribution in [0.15, 0.2) is 59.8 Å². The average Bonchev–Trinajstić information content (AvgIpc) is 3.51. The second-order valence-electron chi connectivity index (χ2n) is 8.42. The number of piperidine rings is 1. The quantitative estimate of drug-likeness (QED) is 0.453. The number of nitrogens with one attached hydrogen (secondary N) is 1. The predicted molar refractivity (Wildman–Crippen MR) is 131 cm³/mol. The Bertz CT molecular complexity index is 1430. The number of amides is 3. The molecule has 3 aromatic rings. The number of rotatable bonds is 5. The van der Waals surface area contributed by atoms with E-state index in [4.69, 9.17) is 0 Å². The van der Waals surface area contributed by atoms with Crippen LogP contribution in [0.1, 0.15) is 25.3 Å². The van der Waals surface area contributed by atoms with Crippen molar-refractivity contribution in [2.24, 2.45) is 7.05 Å². The molecule has 0 spiro atoms. The van der Waals surface area contributed by atoms with E-state index in [2.05, 4.69) is 28.0 Å². The number of pyridine rings is 1. The first-order valence-electron chi connectivity index (χ1n) is 10.9. The lowest BCUT2D eigenvalue weighted by molar-refractivity contribution is -0.142. The van der Waals surface area contributed by atoms with Crippen molar-refractivity contribution in [3.05, 3.63) is 65.3 Å². The maximum Gasteiger partial charge on any atom is 0.250 e. The van der Waals surface area contributed by atoms with E-state index in [9.17, 15) is 14.4 Å². The molecule has 5 rings (SSSR count). The lowest BCUT2D eigenvalue weighted by Gasteiger charge is -2.29. The summed E-state index contributed by atoms with van der Waals surface area (Å²) in [6.07, 6.45) is 7.86. The molecule has 0 radical (unpaired) electrons. The Labute approximate surface area is 200 Å². The fourth-order valence-corrected chi connectivity index (χ4v) is 5.25. The number of aryl methyl sites for hydroxylation is 1. The van der Waals surface area contributed by atoms with E-state index in [0.717, 1.165) is 38.2 Å². The number of aromatic nitrogens is 3. The maximum atomic E-state index is 13.0. The number of carbonyl (C=O) groups excluding carboxylic acids is 3. The van der Waals surface area contributed by atoms with Crippen molar-refractivity contribution in [2.45, 2.75) is 25.8 Å². The first-order chi connectivity index (χ1) is 16.4. The molecule has 0 saturated carbocycles. The summed E-state index contributed by atoms with van der Waals surface area (Å²) >= 11 is 1.60. The smallest absolute Gasteiger partial charge is 0.250 e. The summed E-state index contributed by atoms with van der Waals surface area (Å²) < 4.78 is 1.80. The molecule has 1 saturated heterocycles. The summed E-state index contributed by atoms with van der Waals surface area (Å²) in [5.41, 5.74) is 4.92. The molecule has 2 aliphatic heterocycles. The molecule has 3 amide bonds. The summed E-state index contributed by atoms with van der Waals surface area (Å²) in [5, 5.41) is 9.89. The van der Waals surface area contributed by atoms with Gasteiger partial charge in [-0.05, 0) is 48.1 Å². The number of fused-ring (bicyclic) bond motifs is 1. The van der Waals surface area contributed by atoms with Gasteiger partial charge in [-0.2, -0.15) is 5.10 Å². The van der Waals surface area contributed by atoms with Gasteiger partial charge in [0.15, 0.2) is 0 Å². The van der Waals surface area contributed by atoms with Crippen LogP contribution < -0.4 is 5.32 Å². The van der Waals surface area contributed by atoms with Crippen molar-refractivity contribution in [3.63, 3.8) is 0 Å². The minimum atomic E-state index is -0.643. The molecular formula is C25H23N5O3S. The third-order valence-electron chi connectivity index (χ3n) is 6.37. The zero-order valence-corrected chi connectivity index (χ0v) is 19.7. The van der Waals surface area contributed by atoms with Crippen LogP contribution in [0, 0.1) is 0 Å². The summed E-state index contributed by atoms with van der Waals surface area (Å²) in [7, 11) is 1.88. The molecule has 9 heteroatoms. The van der Waals surface area contributed by atoms with Crippen molar-refractivity contribution < 1.29 is 14.4 Å². The molecule has 0 bridgehead atoms. The highest BCUT2D eigenvalue weighted by Gasteiger charge is 2.38. The van der Waals surface area contributed by atoms with Gasteiger partial charge in [0.2, 0.25) is 11.8 Å². The van der Waals surface area contributed by atoms with Crippen LogP contribution in [0.4, 0.5) is 0 Å². The minimum absolute atomic E-state index is 0.192. The minimum Gasteiger partial charge on any atom is -0.323 e. The van der Waals surface area contributed by atoms with Gasteiger partial charge in [-0.1, -0.05) is 12.7 Å². The molecule has 5 heterocycles. The average molecular weight is 474 g/mol. The fourth-order valence-electron chi connectivity index (χ4n) is 4.53. The second-order valence-corrected chi connectivity index (χ2v) is 9.32. The van der Waals surface area contributed by atoms with Crippen LogP contribution in [0.5, 0.6) is 0 Å². The van der Waals surface area contributed by atoms with Crippen LogP contribution in [-0.4, -0.2) is 50.0 Å². The number of hydrogen-bond donors (Lipinski definition) is 1. The zero-order valence-electron chi connectivity index (χ0n) is 18.9. The Morgan fingerprint density at radius 2 is 2.12 bits per heavy atom. The van der Waals surface area contributed by atoms with Crippen LogP contribution in [-0.2, 0) is 21.4 Å². The van der Waals surface area contributed by atoms with Gasteiger partial charge >= 0.3 is 0 Å². The topological polar surface area (TPSA) is 97.2 Å². The first kappa shape index (κ1) is 22.0. The normalized spacial score (nSPS) is 19.4. The molecule has 1 fully saturated rings. The van der Waals surface area contributed by atoms with Gasteiger partial charge in [0.05, 0.1) is 11.9 Å². The van der Waals surface area contributed by atoms with Gasteiger partial charge in [-0.25, -0.2) is 4.98 Å². The van der Waals surface area contributed by atoms with E-state index < -0.39 is 11.9 Å². The fraction of sp³-hybridized carbons (Fsp3) is 0.240. The van der Waals surface area contributed by atoms with Gasteiger partial charge in [0.25, 0.3) is 5.91 Å². The highest BCUT2D eigenvalue weighted by atomic mass is 32.1. The Hall–Kier alpha value is -3.85. The van der Waals surface area contributed by atoms with Crippen LogP contribution >= 0.6 is 11.3 Å². The second kappa shape index (κ2) is 8.49. The molecule has 0 aromatic carbocycles. The SMILES string of the molecule is C=C/C(=C\C1=C(C)C(=O)N(C2CCC(=O)NC2=O)C1)c1cnn(C)c1-c1cnc2sccc2c1. The van der Waals surface area contributed by atoms with Gasteiger partial charge in [-0.15, -0.1) is 11.3 Å². The molecule has 34 heavy (non-hydrogen) atoms. The van der Waals surface area contributed by atoms with Gasteiger partial charge in [-0.3, -0.25) is 24.4 Å². The Morgan fingerprint density at radius 1 is 1.29 bits per heavy atom. The van der Waals surface area contributed by atoms with E-state index in [1.807, 2.05) is 30.8 Å². The third-order valence-corrected chi connectivity index (χ3v) is 7.21. The van der Waals surface area contributed by atoms with E-state index in [1.54, 1.807) is 40.1 Å². The number of nitrogens with zero attached hydrogens (tertiary/aromatic N) is 4.